The monoisotopic (exact) mass is 665 g/mol. The van der Waals surface area contributed by atoms with Crippen LogP contribution in [0.5, 0.6) is 5.75 Å². The molecule has 0 aromatic heterocycles. The Labute approximate surface area is 279 Å². The van der Waals surface area contributed by atoms with Crippen LogP contribution in [0.1, 0.15) is 65.0 Å². The van der Waals surface area contributed by atoms with Gasteiger partial charge in [-0.05, 0) is 92.0 Å². The van der Waals surface area contributed by atoms with Gasteiger partial charge in [-0.3, -0.25) is 4.79 Å². The number of aliphatic imine (C=N–C) groups is 1. The topological polar surface area (TPSA) is 186 Å². The van der Waals surface area contributed by atoms with Crippen molar-refractivity contribution in [2.24, 2.45) is 16.5 Å². The van der Waals surface area contributed by atoms with E-state index in [-0.39, 0.29) is 43.2 Å². The van der Waals surface area contributed by atoms with Crippen molar-refractivity contribution in [1.29, 1.82) is 0 Å². The minimum atomic E-state index is -1.00. The van der Waals surface area contributed by atoms with E-state index in [4.69, 9.17) is 37.4 Å². The lowest BCUT2D eigenvalue weighted by Gasteiger charge is -2.30. The van der Waals surface area contributed by atoms with Gasteiger partial charge < -0.3 is 31.1 Å². The fraction of sp³-hybridized carbons (Fsp3) is 0.324. The minimum Gasteiger partial charge on any atom is -0.478 e. The number of aryl methyl sites for hydroxylation is 1. The summed E-state index contributed by atoms with van der Waals surface area (Å²) in [6.07, 6.45) is 4.41. The van der Waals surface area contributed by atoms with Gasteiger partial charge in [0.1, 0.15) is 5.75 Å². The number of nitrogens with two attached hydrogens (primary N) is 2. The van der Waals surface area contributed by atoms with Crippen LogP contribution in [0.15, 0.2) is 71.7 Å². The van der Waals surface area contributed by atoms with E-state index < -0.39 is 11.9 Å². The van der Waals surface area contributed by atoms with Gasteiger partial charge >= 0.3 is 18.1 Å². The third-order valence-corrected chi connectivity index (χ3v) is 7.59. The maximum atomic E-state index is 13.4. The van der Waals surface area contributed by atoms with Gasteiger partial charge in [0, 0.05) is 31.1 Å². The Kier molecular flexibility index (Phi) is 15.8. The van der Waals surface area contributed by atoms with Gasteiger partial charge in [-0.1, -0.05) is 43.6 Å². The first-order valence-corrected chi connectivity index (χ1v) is 15.0. The second-order valence-electron chi connectivity index (χ2n) is 10.5. The molecule has 0 aliphatic carbocycles. The first-order chi connectivity index (χ1) is 22.1. The van der Waals surface area contributed by atoms with E-state index in [2.05, 4.69) is 9.89 Å². The molecule has 4 rings (SSSR count). The molecule has 1 amide bonds. The number of esters is 1. The van der Waals surface area contributed by atoms with Crippen molar-refractivity contribution in [2.45, 2.75) is 46.1 Å². The Balaban J connectivity index is 0.00000185. The summed E-state index contributed by atoms with van der Waals surface area (Å²) in [5.74, 6) is -1.42. The molecule has 3 aromatic rings. The van der Waals surface area contributed by atoms with Crippen LogP contribution in [-0.2, 0) is 27.3 Å². The van der Waals surface area contributed by atoms with Crippen molar-refractivity contribution in [3.63, 3.8) is 0 Å². The van der Waals surface area contributed by atoms with Crippen LogP contribution in [0.3, 0.4) is 0 Å². The summed E-state index contributed by atoms with van der Waals surface area (Å²) in [5.41, 5.74) is 13.3. The zero-order valence-corrected chi connectivity index (χ0v) is 25.9. The quantitative estimate of drug-likeness (QED) is 0.106. The number of hydrogen-bond acceptors (Lipinski definition) is 8. The normalized spacial score (nSPS) is 12.3. The molecule has 0 atom stereocenters. The summed E-state index contributed by atoms with van der Waals surface area (Å²) in [4.78, 5) is 61.8. The molecule has 0 radical (unpaired) electrons. The number of guanidine groups is 1. The van der Waals surface area contributed by atoms with Crippen molar-refractivity contribution >= 4 is 47.2 Å². The summed E-state index contributed by atoms with van der Waals surface area (Å²) in [6.45, 7) is 3.68. The number of piperidine rings is 1. The number of carboxylic acids is 1. The molecule has 13 heteroatoms. The Bertz CT molecular complexity index is 1560. The molecular formula is C34H40ClN5O7. The lowest BCUT2D eigenvalue weighted by atomic mass is 10.1. The Morgan fingerprint density at radius 3 is 2.26 bits per heavy atom. The smallest absolute Gasteiger partial charge is 0.373 e. The third-order valence-electron chi connectivity index (χ3n) is 7.24. The molecule has 12 nitrogen and oxygen atoms in total. The van der Waals surface area contributed by atoms with Crippen molar-refractivity contribution < 1.29 is 33.8 Å². The van der Waals surface area contributed by atoms with E-state index in [1.54, 1.807) is 65.6 Å². The summed E-state index contributed by atoms with van der Waals surface area (Å²) in [5, 5.41) is 9.77. The largest absolute Gasteiger partial charge is 0.478 e. The number of carboxylic acid groups (broad SMARTS) is 1. The lowest BCUT2D eigenvalue weighted by Crippen LogP contribution is -2.40. The summed E-state index contributed by atoms with van der Waals surface area (Å²) in [7, 11) is 0. The highest BCUT2D eigenvalue weighted by atomic mass is 35.5. The highest BCUT2D eigenvalue weighted by molar-refractivity contribution is 6.31. The molecule has 0 bridgehead atoms. The van der Waals surface area contributed by atoms with Crippen LogP contribution < -0.4 is 16.2 Å². The van der Waals surface area contributed by atoms with Gasteiger partial charge in [0.2, 0.25) is 5.91 Å². The molecule has 0 unspecified atom stereocenters. The second kappa shape index (κ2) is 19.5. The summed E-state index contributed by atoms with van der Waals surface area (Å²) >= 11 is 6.51. The molecule has 1 aliphatic heterocycles. The molecule has 1 aliphatic rings. The summed E-state index contributed by atoms with van der Waals surface area (Å²) < 4.78 is 5.47. The molecule has 1 fully saturated rings. The Morgan fingerprint density at radius 2 is 1.64 bits per heavy atom. The highest BCUT2D eigenvalue weighted by Crippen LogP contribution is 2.25. The zero-order chi connectivity index (χ0) is 33.5. The number of amides is 1. The van der Waals surface area contributed by atoms with Crippen molar-refractivity contribution in [3.05, 3.63) is 94.0 Å². The van der Waals surface area contributed by atoms with Gasteiger partial charge in [-0.25, -0.2) is 14.6 Å². The van der Waals surface area contributed by atoms with Gasteiger partial charge in [0.05, 0.1) is 16.8 Å². The molecule has 5 N–H and O–H groups in total. The number of halogens is 1. The predicted molar refractivity (Wildman–Crippen MR) is 177 cm³/mol. The number of aromatic carboxylic acids is 1. The molecule has 0 saturated carbocycles. The van der Waals surface area contributed by atoms with E-state index in [1.807, 2.05) is 6.07 Å². The SMILES string of the molecule is C.NC(N)=Nc1ccc(C(=O)Oc2ccc(CCC(=O)N(CCN3CCCCC3)Cc3cccc(C(=O)O)c3)c(Cl)c2)cc1.O=C=O. The predicted octanol–water partition coefficient (Wildman–Crippen LogP) is 4.66. The number of hydrogen-bond donors (Lipinski definition) is 3. The van der Waals surface area contributed by atoms with Gasteiger partial charge in [-0.15, -0.1) is 0 Å². The maximum Gasteiger partial charge on any atom is 0.373 e. The molecule has 3 aromatic carbocycles. The van der Waals surface area contributed by atoms with Crippen LogP contribution in [0, 0.1) is 0 Å². The minimum absolute atomic E-state index is 0. The molecule has 1 saturated heterocycles. The van der Waals surface area contributed by atoms with Crippen LogP contribution in [0.4, 0.5) is 5.69 Å². The van der Waals surface area contributed by atoms with Crippen LogP contribution in [0.25, 0.3) is 0 Å². The molecule has 1 heterocycles. The average Bonchev–Trinajstić information content (AvgIpc) is 3.03. The van der Waals surface area contributed by atoms with Crippen LogP contribution in [0.2, 0.25) is 5.02 Å². The van der Waals surface area contributed by atoms with E-state index in [0.717, 1.165) is 43.6 Å². The fourth-order valence-corrected chi connectivity index (χ4v) is 5.21. The number of nitrogens with zero attached hydrogens (tertiary/aromatic N) is 3. The number of carbonyl (C=O) groups is 3. The standard InChI is InChI=1S/C32H36ClN5O5.CO2.CH4/c33-28-20-27(43-31(42)24-7-11-26(12-8-24)36-32(34)35)13-9-23(28)10-14-29(39)38(18-17-37-15-2-1-3-16-37)21-22-5-4-6-25(19-22)30(40)41;2-1-3;/h4-9,11-13,19-20H,1-3,10,14-18,21H2,(H,40,41)(H4,34,35,36);;1H4. The second-order valence-corrected chi connectivity index (χ2v) is 10.9. The molecule has 0 spiro atoms. The van der Waals surface area contributed by atoms with Crippen molar-refractivity contribution in [2.75, 3.05) is 26.2 Å². The van der Waals surface area contributed by atoms with E-state index in [0.29, 0.717) is 35.8 Å². The molecule has 47 heavy (non-hydrogen) atoms. The summed E-state index contributed by atoms with van der Waals surface area (Å²) in [6, 6.07) is 17.9. The number of carbonyl (C=O) groups excluding carboxylic acids is 4. The fourth-order valence-electron chi connectivity index (χ4n) is 4.94. The Morgan fingerprint density at radius 1 is 0.957 bits per heavy atom. The highest BCUT2D eigenvalue weighted by Gasteiger charge is 2.19. The van der Waals surface area contributed by atoms with Gasteiger partial charge in [-0.2, -0.15) is 9.59 Å². The first kappa shape index (κ1) is 38.2. The van der Waals surface area contributed by atoms with Crippen LogP contribution >= 0.6 is 11.6 Å². The number of rotatable bonds is 12. The Hall–Kier alpha value is -5.03. The average molecular weight is 666 g/mol. The van der Waals surface area contributed by atoms with E-state index in [9.17, 15) is 19.5 Å². The zero-order valence-electron chi connectivity index (χ0n) is 25.2. The van der Waals surface area contributed by atoms with Crippen molar-refractivity contribution in [1.82, 2.24) is 9.80 Å². The maximum absolute atomic E-state index is 13.4. The number of likely N-dealkylation sites (tertiary alicyclic amines) is 1. The van der Waals surface area contributed by atoms with E-state index in [1.165, 1.54) is 6.42 Å². The first-order valence-electron chi connectivity index (χ1n) is 14.6. The van der Waals surface area contributed by atoms with Gasteiger partial charge in [0.15, 0.2) is 5.96 Å². The van der Waals surface area contributed by atoms with Crippen LogP contribution in [-0.4, -0.2) is 71.0 Å². The number of ether oxygens (including phenoxy) is 1. The lowest BCUT2D eigenvalue weighted by molar-refractivity contribution is -0.191. The molecular weight excluding hydrogens is 626 g/mol. The van der Waals surface area contributed by atoms with Crippen molar-refractivity contribution in [3.8, 4) is 5.75 Å². The van der Waals surface area contributed by atoms with Gasteiger partial charge in [0.25, 0.3) is 0 Å². The van der Waals surface area contributed by atoms with E-state index >= 15 is 0 Å². The molecule has 250 valence electrons. The number of benzene rings is 3. The third kappa shape index (κ3) is 12.7.